The van der Waals surface area contributed by atoms with Crippen LogP contribution in [0.15, 0.2) is 30.3 Å². The number of hydrogen-bond acceptors (Lipinski definition) is 3. The van der Waals surface area contributed by atoms with Crippen molar-refractivity contribution in [2.75, 3.05) is 24.5 Å². The molecule has 0 unspecified atom stereocenters. The van der Waals surface area contributed by atoms with Gasteiger partial charge in [0.1, 0.15) is 0 Å². The van der Waals surface area contributed by atoms with Crippen LogP contribution in [0.3, 0.4) is 0 Å². The highest BCUT2D eigenvalue weighted by molar-refractivity contribution is 5.93. The second-order valence-corrected chi connectivity index (χ2v) is 3.89. The van der Waals surface area contributed by atoms with Crippen LogP contribution in [0.4, 0.5) is 5.69 Å². The van der Waals surface area contributed by atoms with E-state index in [0.717, 1.165) is 12.2 Å². The fourth-order valence-electron chi connectivity index (χ4n) is 1.67. The van der Waals surface area contributed by atoms with E-state index in [1.807, 2.05) is 37.3 Å². The Bertz CT molecular complexity index is 397. The van der Waals surface area contributed by atoms with E-state index in [1.54, 1.807) is 4.90 Å². The Morgan fingerprint density at radius 2 is 2.11 bits per heavy atom. The van der Waals surface area contributed by atoms with Crippen LogP contribution in [0.25, 0.3) is 0 Å². The lowest BCUT2D eigenvalue weighted by Crippen LogP contribution is -2.34. The third kappa shape index (κ3) is 4.56. The Hall–Kier alpha value is -1.86. The molecule has 0 spiro atoms. The van der Waals surface area contributed by atoms with Crippen molar-refractivity contribution in [1.82, 2.24) is 5.32 Å². The van der Waals surface area contributed by atoms with Crippen LogP contribution in [0.5, 0.6) is 0 Å². The van der Waals surface area contributed by atoms with E-state index in [0.29, 0.717) is 25.9 Å². The lowest BCUT2D eigenvalue weighted by atomic mass is 10.2. The van der Waals surface area contributed by atoms with Crippen LogP contribution in [0, 0.1) is 11.3 Å². The zero-order valence-electron chi connectivity index (χ0n) is 10.7. The summed E-state index contributed by atoms with van der Waals surface area (Å²) in [4.78, 5) is 13.8. The van der Waals surface area contributed by atoms with Crippen LogP contribution in [-0.2, 0) is 4.79 Å². The summed E-state index contributed by atoms with van der Waals surface area (Å²) in [6.07, 6.45) is 0.802. The van der Waals surface area contributed by atoms with Gasteiger partial charge < -0.3 is 10.2 Å². The Morgan fingerprint density at radius 1 is 1.39 bits per heavy atom. The molecule has 0 aromatic heterocycles. The normalized spacial score (nSPS) is 9.78. The first-order valence-corrected chi connectivity index (χ1v) is 6.22. The van der Waals surface area contributed by atoms with Crippen molar-refractivity contribution >= 4 is 11.6 Å². The maximum absolute atomic E-state index is 12.1. The molecule has 0 fully saturated rings. The summed E-state index contributed by atoms with van der Waals surface area (Å²) in [7, 11) is 0. The average Bonchev–Trinajstić information content (AvgIpc) is 2.41. The van der Waals surface area contributed by atoms with Gasteiger partial charge in [0, 0.05) is 25.2 Å². The molecular formula is C14H19N3O. The van der Waals surface area contributed by atoms with E-state index in [2.05, 4.69) is 11.4 Å². The molecule has 0 radical (unpaired) electrons. The first kappa shape index (κ1) is 14.2. The second-order valence-electron chi connectivity index (χ2n) is 3.89. The predicted molar refractivity (Wildman–Crippen MR) is 72.2 cm³/mol. The summed E-state index contributed by atoms with van der Waals surface area (Å²) >= 11 is 0. The number of nitrogens with zero attached hydrogens (tertiary/aromatic N) is 2. The highest BCUT2D eigenvalue weighted by Gasteiger charge is 2.14. The molecule has 4 nitrogen and oxygen atoms in total. The van der Waals surface area contributed by atoms with Gasteiger partial charge in [-0.1, -0.05) is 25.1 Å². The van der Waals surface area contributed by atoms with Crippen molar-refractivity contribution in [2.24, 2.45) is 0 Å². The fourth-order valence-corrected chi connectivity index (χ4v) is 1.67. The molecule has 1 N–H and O–H groups in total. The van der Waals surface area contributed by atoms with E-state index in [9.17, 15) is 4.79 Å². The number of rotatable bonds is 7. The summed E-state index contributed by atoms with van der Waals surface area (Å²) in [5.41, 5.74) is 0.856. The molecule has 18 heavy (non-hydrogen) atoms. The molecule has 1 aromatic rings. The highest BCUT2D eigenvalue weighted by atomic mass is 16.2. The largest absolute Gasteiger partial charge is 0.316 e. The third-order valence-corrected chi connectivity index (χ3v) is 2.58. The maximum Gasteiger partial charge on any atom is 0.228 e. The Morgan fingerprint density at radius 3 is 2.72 bits per heavy atom. The lowest BCUT2D eigenvalue weighted by Gasteiger charge is -2.21. The van der Waals surface area contributed by atoms with Crippen LogP contribution in [0.2, 0.25) is 0 Å². The van der Waals surface area contributed by atoms with Crippen LogP contribution >= 0.6 is 0 Å². The van der Waals surface area contributed by atoms with Gasteiger partial charge in [-0.15, -0.1) is 0 Å². The molecule has 0 aliphatic rings. The van der Waals surface area contributed by atoms with Gasteiger partial charge in [-0.05, 0) is 18.7 Å². The van der Waals surface area contributed by atoms with Gasteiger partial charge in [0.25, 0.3) is 0 Å². The molecule has 0 aliphatic carbocycles. The SMILES string of the molecule is CCNCCC(=O)N(CCC#N)c1ccccc1. The number of carbonyl (C=O) groups excluding carboxylic acids is 1. The van der Waals surface area contributed by atoms with Crippen LogP contribution in [-0.4, -0.2) is 25.5 Å². The zero-order valence-corrected chi connectivity index (χ0v) is 10.7. The Balaban J connectivity index is 2.66. The molecule has 0 atom stereocenters. The van der Waals surface area contributed by atoms with Gasteiger partial charge in [0.15, 0.2) is 0 Å². The summed E-state index contributed by atoms with van der Waals surface area (Å²) in [5, 5.41) is 11.8. The minimum Gasteiger partial charge on any atom is -0.316 e. The monoisotopic (exact) mass is 245 g/mol. The van der Waals surface area contributed by atoms with Crippen molar-refractivity contribution in [3.8, 4) is 6.07 Å². The molecule has 1 amide bonds. The van der Waals surface area contributed by atoms with Crippen molar-refractivity contribution in [3.05, 3.63) is 30.3 Å². The predicted octanol–water partition coefficient (Wildman–Crippen LogP) is 1.93. The number of amides is 1. The van der Waals surface area contributed by atoms with Crippen molar-refractivity contribution in [3.63, 3.8) is 0 Å². The quantitative estimate of drug-likeness (QED) is 0.747. The Kier molecular flexibility index (Phi) is 6.52. The van der Waals surface area contributed by atoms with Crippen molar-refractivity contribution < 1.29 is 4.79 Å². The summed E-state index contributed by atoms with van der Waals surface area (Å²) in [6.45, 7) is 3.99. The number of para-hydroxylation sites is 1. The summed E-state index contributed by atoms with van der Waals surface area (Å²) in [6, 6.07) is 11.6. The van der Waals surface area contributed by atoms with Gasteiger partial charge in [-0.3, -0.25) is 4.79 Å². The first-order valence-electron chi connectivity index (χ1n) is 6.22. The molecule has 1 aromatic carbocycles. The molecule has 0 saturated heterocycles. The molecule has 0 heterocycles. The van der Waals surface area contributed by atoms with Crippen LogP contribution in [0.1, 0.15) is 19.8 Å². The minimum atomic E-state index is 0.0531. The van der Waals surface area contributed by atoms with E-state index in [4.69, 9.17) is 5.26 Å². The van der Waals surface area contributed by atoms with Gasteiger partial charge in [0.05, 0.1) is 12.5 Å². The number of carbonyl (C=O) groups is 1. The molecule has 0 saturated carbocycles. The van der Waals surface area contributed by atoms with Crippen molar-refractivity contribution in [2.45, 2.75) is 19.8 Å². The minimum absolute atomic E-state index is 0.0531. The van der Waals surface area contributed by atoms with E-state index >= 15 is 0 Å². The first-order chi connectivity index (χ1) is 8.79. The molecule has 96 valence electrons. The number of benzene rings is 1. The van der Waals surface area contributed by atoms with Gasteiger partial charge in [-0.2, -0.15) is 5.26 Å². The lowest BCUT2D eigenvalue weighted by molar-refractivity contribution is -0.118. The third-order valence-electron chi connectivity index (χ3n) is 2.58. The zero-order chi connectivity index (χ0) is 13.2. The molecule has 0 aliphatic heterocycles. The second kappa shape index (κ2) is 8.26. The maximum atomic E-state index is 12.1. The molecule has 1 rings (SSSR count). The summed E-state index contributed by atoms with van der Waals surface area (Å²) in [5.74, 6) is 0.0531. The number of hydrogen-bond donors (Lipinski definition) is 1. The van der Waals surface area contributed by atoms with E-state index < -0.39 is 0 Å². The molecular weight excluding hydrogens is 226 g/mol. The Labute approximate surface area is 108 Å². The van der Waals surface area contributed by atoms with Crippen LogP contribution < -0.4 is 10.2 Å². The number of nitrogens with one attached hydrogen (secondary N) is 1. The standard InChI is InChI=1S/C14H19N3O/c1-2-16-11-9-14(18)17(12-6-10-15)13-7-4-3-5-8-13/h3-5,7-8,16H,2,6,9,11-12H2,1H3. The molecule has 0 bridgehead atoms. The van der Waals surface area contributed by atoms with Gasteiger partial charge in [0.2, 0.25) is 5.91 Å². The van der Waals surface area contributed by atoms with E-state index in [-0.39, 0.29) is 5.91 Å². The number of nitriles is 1. The number of anilines is 1. The smallest absolute Gasteiger partial charge is 0.228 e. The topological polar surface area (TPSA) is 56.1 Å². The fraction of sp³-hybridized carbons (Fsp3) is 0.429. The van der Waals surface area contributed by atoms with E-state index in [1.165, 1.54) is 0 Å². The van der Waals surface area contributed by atoms with Gasteiger partial charge in [-0.25, -0.2) is 0 Å². The van der Waals surface area contributed by atoms with Gasteiger partial charge >= 0.3 is 0 Å². The van der Waals surface area contributed by atoms with Crippen molar-refractivity contribution in [1.29, 1.82) is 5.26 Å². The highest BCUT2D eigenvalue weighted by Crippen LogP contribution is 2.14. The summed E-state index contributed by atoms with van der Waals surface area (Å²) < 4.78 is 0. The average molecular weight is 245 g/mol. The molecule has 4 heteroatoms.